The van der Waals surface area contributed by atoms with Crippen LogP contribution in [0.25, 0.3) is 10.1 Å². The second-order valence-electron chi connectivity index (χ2n) is 6.29. The summed E-state index contributed by atoms with van der Waals surface area (Å²) in [5.74, 6) is 0.647. The van der Waals surface area contributed by atoms with Crippen LogP contribution >= 0.6 is 11.3 Å². The average molecular weight is 377 g/mol. The lowest BCUT2D eigenvalue weighted by Gasteiger charge is -2.13. The van der Waals surface area contributed by atoms with E-state index in [9.17, 15) is 9.90 Å². The predicted molar refractivity (Wildman–Crippen MR) is 109 cm³/mol. The van der Waals surface area contributed by atoms with Gasteiger partial charge in [-0.2, -0.15) is 0 Å². The minimum Gasteiger partial charge on any atom is -0.386 e. The van der Waals surface area contributed by atoms with Crippen LogP contribution in [0.3, 0.4) is 0 Å². The molecule has 2 rings (SSSR count). The summed E-state index contributed by atoms with van der Waals surface area (Å²) < 4.78 is 1.16. The number of nitrogens with zero attached hydrogens (tertiary/aromatic N) is 1. The number of thiophene rings is 1. The lowest BCUT2D eigenvalue weighted by Crippen LogP contribution is -2.42. The smallest absolute Gasteiger partial charge is 0.222 e. The van der Waals surface area contributed by atoms with Gasteiger partial charge < -0.3 is 21.1 Å². The van der Waals surface area contributed by atoms with Gasteiger partial charge in [0, 0.05) is 35.1 Å². The molecule has 0 fully saturated rings. The fourth-order valence-electron chi connectivity index (χ4n) is 2.35. The van der Waals surface area contributed by atoms with Gasteiger partial charge in [-0.3, -0.25) is 9.79 Å². The number of aliphatic hydroxyl groups is 1. The third-order valence-electron chi connectivity index (χ3n) is 3.78. The maximum Gasteiger partial charge on any atom is 0.222 e. The maximum absolute atomic E-state index is 11.5. The number of carbonyl (C=O) groups is 1. The Labute approximate surface area is 158 Å². The second-order valence-corrected chi connectivity index (χ2v) is 7.41. The van der Waals surface area contributed by atoms with Crippen LogP contribution in [0.5, 0.6) is 0 Å². The van der Waals surface area contributed by atoms with Crippen LogP contribution in [0.1, 0.15) is 31.8 Å². The summed E-state index contributed by atoms with van der Waals surface area (Å²) in [5.41, 5.74) is 0. The van der Waals surface area contributed by atoms with Crippen molar-refractivity contribution in [3.63, 3.8) is 0 Å². The minimum atomic E-state index is -0.636. The Kier molecular flexibility index (Phi) is 7.87. The topological polar surface area (TPSA) is 85.8 Å². The number of guanidine groups is 1. The van der Waals surface area contributed by atoms with Crippen molar-refractivity contribution in [1.29, 1.82) is 0 Å². The zero-order valence-corrected chi connectivity index (χ0v) is 16.4. The van der Waals surface area contributed by atoms with Gasteiger partial charge in [0.1, 0.15) is 6.10 Å². The Balaban J connectivity index is 1.87. The van der Waals surface area contributed by atoms with Crippen LogP contribution in [0.15, 0.2) is 35.3 Å². The summed E-state index contributed by atoms with van der Waals surface area (Å²) >= 11 is 1.59. The largest absolute Gasteiger partial charge is 0.386 e. The monoisotopic (exact) mass is 376 g/mol. The molecule has 1 unspecified atom stereocenters. The molecule has 0 spiro atoms. The third-order valence-corrected chi connectivity index (χ3v) is 5.00. The SMILES string of the molecule is CCNC(=NCC(O)c1cc2ccccc2s1)NCCNC(=O)C(C)C. The Morgan fingerprint density at radius 3 is 2.62 bits per heavy atom. The number of aliphatic hydroxyl groups excluding tert-OH is 1. The Bertz CT molecular complexity index is 709. The highest BCUT2D eigenvalue weighted by Crippen LogP contribution is 2.29. The number of hydrogen-bond acceptors (Lipinski definition) is 4. The number of nitrogens with one attached hydrogen (secondary N) is 3. The molecule has 0 saturated heterocycles. The van der Waals surface area contributed by atoms with Crippen LogP contribution in [0.2, 0.25) is 0 Å². The van der Waals surface area contributed by atoms with Crippen molar-refractivity contribution in [1.82, 2.24) is 16.0 Å². The maximum atomic E-state index is 11.5. The summed E-state index contributed by atoms with van der Waals surface area (Å²) in [6.45, 7) is 7.82. The van der Waals surface area contributed by atoms with E-state index in [0.29, 0.717) is 19.0 Å². The molecule has 6 nitrogen and oxygen atoms in total. The van der Waals surface area contributed by atoms with Gasteiger partial charge >= 0.3 is 0 Å². The standard InChI is InChI=1S/C19H28N4O2S/c1-4-20-19(22-10-9-21-18(25)13(2)3)23-12-15(24)17-11-14-7-5-6-8-16(14)26-17/h5-8,11,13,15,24H,4,9-10,12H2,1-3H3,(H,21,25)(H2,20,22,23). The first-order valence-electron chi connectivity index (χ1n) is 8.97. The molecule has 1 amide bonds. The predicted octanol–water partition coefficient (Wildman–Crippen LogP) is 2.26. The van der Waals surface area contributed by atoms with E-state index in [2.05, 4.69) is 27.0 Å². The molecular weight excluding hydrogens is 348 g/mol. The van der Waals surface area contributed by atoms with Crippen LogP contribution in [-0.4, -0.2) is 43.2 Å². The van der Waals surface area contributed by atoms with Gasteiger partial charge in [-0.05, 0) is 24.4 Å². The van der Waals surface area contributed by atoms with E-state index < -0.39 is 6.10 Å². The van der Waals surface area contributed by atoms with Crippen LogP contribution in [0, 0.1) is 5.92 Å². The molecule has 0 radical (unpaired) electrons. The van der Waals surface area contributed by atoms with E-state index >= 15 is 0 Å². The number of amides is 1. The van der Waals surface area contributed by atoms with Crippen LogP contribution in [-0.2, 0) is 4.79 Å². The first-order chi connectivity index (χ1) is 12.5. The number of rotatable bonds is 8. The highest BCUT2D eigenvalue weighted by Gasteiger charge is 2.11. The Morgan fingerprint density at radius 2 is 1.92 bits per heavy atom. The summed E-state index contributed by atoms with van der Waals surface area (Å²) in [7, 11) is 0. The minimum absolute atomic E-state index is 0.0200. The molecule has 4 N–H and O–H groups in total. The summed E-state index contributed by atoms with van der Waals surface area (Å²) in [6.07, 6.45) is -0.636. The molecule has 1 aromatic heterocycles. The summed E-state index contributed by atoms with van der Waals surface area (Å²) in [5, 5.41) is 20.7. The first kappa shape index (κ1) is 20.2. The lowest BCUT2D eigenvalue weighted by atomic mass is 10.2. The van der Waals surface area contributed by atoms with Crippen molar-refractivity contribution in [2.75, 3.05) is 26.2 Å². The van der Waals surface area contributed by atoms with Crippen LogP contribution in [0.4, 0.5) is 0 Å². The molecule has 0 aliphatic rings. The van der Waals surface area contributed by atoms with E-state index in [1.807, 2.05) is 45.0 Å². The van der Waals surface area contributed by atoms with Gasteiger partial charge in [-0.1, -0.05) is 32.0 Å². The van der Waals surface area contributed by atoms with E-state index in [-0.39, 0.29) is 18.4 Å². The van der Waals surface area contributed by atoms with Crippen LogP contribution < -0.4 is 16.0 Å². The Morgan fingerprint density at radius 1 is 1.19 bits per heavy atom. The number of carbonyl (C=O) groups excluding carboxylic acids is 1. The summed E-state index contributed by atoms with van der Waals surface area (Å²) in [6, 6.07) is 10.1. The zero-order chi connectivity index (χ0) is 18.9. The molecule has 0 saturated carbocycles. The lowest BCUT2D eigenvalue weighted by molar-refractivity contribution is -0.123. The van der Waals surface area contributed by atoms with Gasteiger partial charge in [-0.25, -0.2) is 0 Å². The highest BCUT2D eigenvalue weighted by molar-refractivity contribution is 7.19. The third kappa shape index (κ3) is 6.00. The fourth-order valence-corrected chi connectivity index (χ4v) is 3.39. The number of hydrogen-bond donors (Lipinski definition) is 4. The quantitative estimate of drug-likeness (QED) is 0.323. The first-order valence-corrected chi connectivity index (χ1v) is 9.79. The van der Waals surface area contributed by atoms with E-state index in [4.69, 9.17) is 0 Å². The average Bonchev–Trinajstić information content (AvgIpc) is 3.06. The molecule has 0 bridgehead atoms. The van der Waals surface area contributed by atoms with Crippen molar-refractivity contribution in [3.05, 3.63) is 35.2 Å². The Hall–Kier alpha value is -2.12. The van der Waals surface area contributed by atoms with Crippen molar-refractivity contribution >= 4 is 33.3 Å². The second kappa shape index (κ2) is 10.1. The van der Waals surface area contributed by atoms with Crippen molar-refractivity contribution in [2.45, 2.75) is 26.9 Å². The van der Waals surface area contributed by atoms with Crippen molar-refractivity contribution < 1.29 is 9.90 Å². The van der Waals surface area contributed by atoms with Crippen molar-refractivity contribution in [2.24, 2.45) is 10.9 Å². The molecule has 2 aromatic rings. The molecule has 0 aliphatic carbocycles. The summed E-state index contributed by atoms with van der Waals surface area (Å²) in [4.78, 5) is 16.9. The molecule has 7 heteroatoms. The molecule has 1 aromatic carbocycles. The number of benzene rings is 1. The van der Waals surface area contributed by atoms with Gasteiger partial charge in [0.15, 0.2) is 5.96 Å². The van der Waals surface area contributed by atoms with Gasteiger partial charge in [0.05, 0.1) is 6.54 Å². The molecule has 26 heavy (non-hydrogen) atoms. The highest BCUT2D eigenvalue weighted by atomic mass is 32.1. The molecule has 1 atom stereocenters. The molecule has 0 aliphatic heterocycles. The van der Waals surface area contributed by atoms with Gasteiger partial charge in [0.2, 0.25) is 5.91 Å². The number of aliphatic imine (C=N–C) groups is 1. The van der Waals surface area contributed by atoms with Gasteiger partial charge in [-0.15, -0.1) is 11.3 Å². The van der Waals surface area contributed by atoms with E-state index in [0.717, 1.165) is 21.5 Å². The normalized spacial score (nSPS) is 13.0. The fraction of sp³-hybridized carbons (Fsp3) is 0.474. The molecule has 142 valence electrons. The van der Waals surface area contributed by atoms with E-state index in [1.54, 1.807) is 11.3 Å². The molecular formula is C19H28N4O2S. The van der Waals surface area contributed by atoms with Crippen molar-refractivity contribution in [3.8, 4) is 0 Å². The number of fused-ring (bicyclic) bond motifs is 1. The molecule has 1 heterocycles. The van der Waals surface area contributed by atoms with Gasteiger partial charge in [0.25, 0.3) is 0 Å². The van der Waals surface area contributed by atoms with E-state index in [1.165, 1.54) is 0 Å². The zero-order valence-electron chi connectivity index (χ0n) is 15.6.